The number of carbonyl (C=O) groups excluding carboxylic acids is 2. The SMILES string of the molecule is COC(=O)COc1ccc(NC(=O)C2CSCN2)c(C)c1. The van der Waals surface area contributed by atoms with Crippen molar-refractivity contribution in [1.29, 1.82) is 0 Å². The van der Waals surface area contributed by atoms with E-state index < -0.39 is 5.97 Å². The predicted octanol–water partition coefficient (Wildman–Crippen LogP) is 1.15. The third-order valence-electron chi connectivity index (χ3n) is 3.07. The van der Waals surface area contributed by atoms with Crippen molar-refractivity contribution < 1.29 is 19.1 Å². The van der Waals surface area contributed by atoms with Gasteiger partial charge in [0.25, 0.3) is 0 Å². The molecule has 114 valence electrons. The smallest absolute Gasteiger partial charge is 0.343 e. The second kappa shape index (κ2) is 7.33. The molecular weight excluding hydrogens is 292 g/mol. The summed E-state index contributed by atoms with van der Waals surface area (Å²) in [6, 6.07) is 5.10. The van der Waals surface area contributed by atoms with Crippen molar-refractivity contribution in [3.63, 3.8) is 0 Å². The largest absolute Gasteiger partial charge is 0.482 e. The molecule has 0 aromatic heterocycles. The van der Waals surface area contributed by atoms with Gasteiger partial charge in [-0.2, -0.15) is 0 Å². The van der Waals surface area contributed by atoms with E-state index in [2.05, 4.69) is 15.4 Å². The highest BCUT2D eigenvalue weighted by Gasteiger charge is 2.22. The molecule has 1 saturated heterocycles. The van der Waals surface area contributed by atoms with Crippen LogP contribution in [0.15, 0.2) is 18.2 Å². The molecule has 1 aromatic carbocycles. The van der Waals surface area contributed by atoms with Crippen LogP contribution in [0.1, 0.15) is 5.56 Å². The van der Waals surface area contributed by atoms with Gasteiger partial charge in [0.05, 0.1) is 13.2 Å². The Morgan fingerprint density at radius 3 is 2.90 bits per heavy atom. The van der Waals surface area contributed by atoms with Crippen molar-refractivity contribution in [1.82, 2.24) is 5.32 Å². The Labute approximate surface area is 127 Å². The molecular formula is C14H18N2O4S. The van der Waals surface area contributed by atoms with Crippen LogP contribution in [-0.2, 0) is 14.3 Å². The minimum atomic E-state index is -0.435. The van der Waals surface area contributed by atoms with Gasteiger partial charge in [-0.1, -0.05) is 0 Å². The molecule has 1 atom stereocenters. The Balaban J connectivity index is 1.95. The molecule has 1 heterocycles. The van der Waals surface area contributed by atoms with Gasteiger partial charge in [0, 0.05) is 17.3 Å². The summed E-state index contributed by atoms with van der Waals surface area (Å²) in [6.07, 6.45) is 0. The monoisotopic (exact) mass is 310 g/mol. The fourth-order valence-corrected chi connectivity index (χ4v) is 2.79. The molecule has 21 heavy (non-hydrogen) atoms. The number of hydrogen-bond donors (Lipinski definition) is 2. The number of carbonyl (C=O) groups is 2. The number of rotatable bonds is 5. The van der Waals surface area contributed by atoms with Gasteiger partial charge in [0.15, 0.2) is 6.61 Å². The zero-order chi connectivity index (χ0) is 15.2. The van der Waals surface area contributed by atoms with Crippen LogP contribution in [0.4, 0.5) is 5.69 Å². The molecule has 2 rings (SSSR count). The van der Waals surface area contributed by atoms with Crippen molar-refractivity contribution in [3.05, 3.63) is 23.8 Å². The number of thioether (sulfide) groups is 1. The van der Waals surface area contributed by atoms with E-state index in [1.54, 1.807) is 30.0 Å². The number of anilines is 1. The maximum absolute atomic E-state index is 12.0. The number of benzene rings is 1. The highest BCUT2D eigenvalue weighted by Crippen LogP contribution is 2.22. The van der Waals surface area contributed by atoms with E-state index in [1.807, 2.05) is 6.92 Å². The van der Waals surface area contributed by atoms with Gasteiger partial charge >= 0.3 is 5.97 Å². The minimum absolute atomic E-state index is 0.0358. The second-order valence-corrected chi connectivity index (χ2v) is 5.63. The normalized spacial score (nSPS) is 17.3. The first-order chi connectivity index (χ1) is 10.1. The topological polar surface area (TPSA) is 76.7 Å². The van der Waals surface area contributed by atoms with Crippen LogP contribution in [0.5, 0.6) is 5.75 Å². The quantitative estimate of drug-likeness (QED) is 0.795. The molecule has 0 saturated carbocycles. The van der Waals surface area contributed by atoms with Gasteiger partial charge in [0.1, 0.15) is 5.75 Å². The maximum atomic E-state index is 12.0. The molecule has 1 fully saturated rings. The van der Waals surface area contributed by atoms with Crippen LogP contribution in [0.3, 0.4) is 0 Å². The number of nitrogens with one attached hydrogen (secondary N) is 2. The van der Waals surface area contributed by atoms with Crippen molar-refractivity contribution in [2.24, 2.45) is 0 Å². The summed E-state index contributed by atoms with van der Waals surface area (Å²) in [4.78, 5) is 23.0. The van der Waals surface area contributed by atoms with Crippen LogP contribution in [-0.4, -0.2) is 43.3 Å². The predicted molar refractivity (Wildman–Crippen MR) is 81.6 cm³/mol. The van der Waals surface area contributed by atoms with E-state index in [1.165, 1.54) is 7.11 Å². The molecule has 1 amide bonds. The lowest BCUT2D eigenvalue weighted by atomic mass is 10.2. The molecule has 1 aromatic rings. The fraction of sp³-hybridized carbons (Fsp3) is 0.429. The van der Waals surface area contributed by atoms with E-state index in [9.17, 15) is 9.59 Å². The number of ether oxygens (including phenoxy) is 2. The van der Waals surface area contributed by atoms with Crippen LogP contribution in [0, 0.1) is 6.92 Å². The van der Waals surface area contributed by atoms with Crippen molar-refractivity contribution in [3.8, 4) is 5.75 Å². The van der Waals surface area contributed by atoms with Crippen LogP contribution in [0.25, 0.3) is 0 Å². The van der Waals surface area contributed by atoms with Crippen molar-refractivity contribution in [2.45, 2.75) is 13.0 Å². The van der Waals surface area contributed by atoms with Gasteiger partial charge in [-0.05, 0) is 30.7 Å². The minimum Gasteiger partial charge on any atom is -0.482 e. The summed E-state index contributed by atoms with van der Waals surface area (Å²) in [7, 11) is 1.31. The zero-order valence-electron chi connectivity index (χ0n) is 12.0. The Hall–Kier alpha value is -1.73. The Morgan fingerprint density at radius 2 is 2.29 bits per heavy atom. The summed E-state index contributed by atoms with van der Waals surface area (Å²) in [5.41, 5.74) is 1.61. The van der Waals surface area contributed by atoms with Crippen LogP contribution >= 0.6 is 11.8 Å². The lowest BCUT2D eigenvalue weighted by Gasteiger charge is -2.13. The molecule has 0 aliphatic carbocycles. The first-order valence-corrected chi connectivity index (χ1v) is 7.68. The molecule has 0 radical (unpaired) electrons. The van der Waals surface area contributed by atoms with Crippen LogP contribution < -0.4 is 15.4 Å². The van der Waals surface area contributed by atoms with E-state index in [0.29, 0.717) is 5.75 Å². The van der Waals surface area contributed by atoms with E-state index in [-0.39, 0.29) is 18.6 Å². The van der Waals surface area contributed by atoms with E-state index in [4.69, 9.17) is 4.74 Å². The molecule has 6 nitrogen and oxygen atoms in total. The Bertz CT molecular complexity index is 530. The van der Waals surface area contributed by atoms with Gasteiger partial charge in [-0.25, -0.2) is 4.79 Å². The first-order valence-electron chi connectivity index (χ1n) is 6.52. The molecule has 7 heteroatoms. The van der Waals surface area contributed by atoms with Gasteiger partial charge < -0.3 is 14.8 Å². The van der Waals surface area contributed by atoms with Crippen molar-refractivity contribution in [2.75, 3.05) is 30.7 Å². The average Bonchev–Trinajstić information content (AvgIpc) is 3.01. The number of aryl methyl sites for hydroxylation is 1. The summed E-state index contributed by atoms with van der Waals surface area (Å²) in [5.74, 6) is 1.68. The van der Waals surface area contributed by atoms with Gasteiger partial charge in [-0.3, -0.25) is 10.1 Å². The highest BCUT2D eigenvalue weighted by atomic mass is 32.2. The molecule has 0 bridgehead atoms. The number of methoxy groups -OCH3 is 1. The standard InChI is InChI=1S/C14H18N2O4S/c1-9-5-10(20-6-13(17)19-2)3-4-11(9)16-14(18)12-7-21-8-15-12/h3-5,12,15H,6-8H2,1-2H3,(H,16,18). The lowest BCUT2D eigenvalue weighted by Crippen LogP contribution is -2.37. The second-order valence-electron chi connectivity index (χ2n) is 4.60. The van der Waals surface area contributed by atoms with E-state index >= 15 is 0 Å². The van der Waals surface area contributed by atoms with E-state index in [0.717, 1.165) is 22.9 Å². The first kappa shape index (κ1) is 15.7. The molecule has 2 N–H and O–H groups in total. The molecule has 0 spiro atoms. The summed E-state index contributed by atoms with van der Waals surface area (Å²) in [5, 5.41) is 6.01. The third-order valence-corrected chi connectivity index (χ3v) is 4.01. The van der Waals surface area contributed by atoms with Crippen LogP contribution in [0.2, 0.25) is 0 Å². The summed E-state index contributed by atoms with van der Waals surface area (Å²) >= 11 is 1.70. The Kier molecular flexibility index (Phi) is 5.46. The average molecular weight is 310 g/mol. The van der Waals surface area contributed by atoms with Gasteiger partial charge in [-0.15, -0.1) is 11.8 Å². The lowest BCUT2D eigenvalue weighted by molar-refractivity contribution is -0.142. The molecule has 1 aliphatic rings. The number of amides is 1. The molecule has 1 aliphatic heterocycles. The van der Waals surface area contributed by atoms with Gasteiger partial charge in [0.2, 0.25) is 5.91 Å². The zero-order valence-corrected chi connectivity index (χ0v) is 12.8. The fourth-order valence-electron chi connectivity index (χ4n) is 1.85. The summed E-state index contributed by atoms with van der Waals surface area (Å²) < 4.78 is 9.80. The van der Waals surface area contributed by atoms with Crippen molar-refractivity contribution >= 4 is 29.3 Å². The highest BCUT2D eigenvalue weighted by molar-refractivity contribution is 7.99. The number of esters is 1. The Morgan fingerprint density at radius 1 is 1.48 bits per heavy atom. The third kappa shape index (κ3) is 4.37. The summed E-state index contributed by atoms with van der Waals surface area (Å²) in [6.45, 7) is 1.74. The number of hydrogen-bond acceptors (Lipinski definition) is 6. The molecule has 1 unspecified atom stereocenters. The maximum Gasteiger partial charge on any atom is 0.343 e.